The summed E-state index contributed by atoms with van der Waals surface area (Å²) in [5, 5.41) is 3.17. The molecule has 152 valence electrons. The van der Waals surface area contributed by atoms with E-state index in [0.717, 1.165) is 17.7 Å². The zero-order valence-corrected chi connectivity index (χ0v) is 17.2. The zero-order valence-electron chi connectivity index (χ0n) is 16.4. The molecule has 1 atom stereocenters. The number of amides is 2. The monoisotopic (exact) mass is 414 g/mol. The van der Waals surface area contributed by atoms with E-state index in [2.05, 4.69) is 12.2 Å². The molecule has 3 rings (SSSR count). The van der Waals surface area contributed by atoms with Gasteiger partial charge in [0.2, 0.25) is 5.91 Å². The lowest BCUT2D eigenvalue weighted by Gasteiger charge is -2.17. The molecule has 0 bridgehead atoms. The van der Waals surface area contributed by atoms with Gasteiger partial charge in [0.1, 0.15) is 0 Å². The Labute approximate surface area is 174 Å². The molecule has 0 unspecified atom stereocenters. The van der Waals surface area contributed by atoms with Crippen LogP contribution in [-0.2, 0) is 25.5 Å². The summed E-state index contributed by atoms with van der Waals surface area (Å²) in [6, 6.07) is 12.8. The number of rotatable bonds is 6. The number of carbonyl (C=O) groups excluding carboxylic acids is 3. The van der Waals surface area contributed by atoms with Crippen LogP contribution in [0.2, 0.25) is 5.02 Å². The summed E-state index contributed by atoms with van der Waals surface area (Å²) in [5.41, 5.74) is 3.36. The van der Waals surface area contributed by atoms with Gasteiger partial charge in [-0.1, -0.05) is 36.7 Å². The van der Waals surface area contributed by atoms with Gasteiger partial charge >= 0.3 is 5.97 Å². The number of nitrogens with zero attached hydrogens (tertiary/aromatic N) is 1. The number of esters is 1. The van der Waals surface area contributed by atoms with Gasteiger partial charge in [0, 0.05) is 29.4 Å². The molecule has 0 saturated carbocycles. The van der Waals surface area contributed by atoms with E-state index in [4.69, 9.17) is 16.3 Å². The number of nitrogens with one attached hydrogen (secondary N) is 1. The number of carbonyl (C=O) groups is 3. The van der Waals surface area contributed by atoms with Crippen molar-refractivity contribution >= 4 is 40.8 Å². The number of ether oxygens (including phenoxy) is 1. The standard InChI is InChI=1S/C22H23ClN2O4/c1-3-15-5-8-18(9-6-15)25-12-16(10-21(25)27)22(28)29-13-20(26)24-17-7-4-14(2)19(23)11-17/h4-9,11,16H,3,10,12-13H2,1-2H3,(H,24,26)/t16-/m0/s1. The second-order valence-corrected chi connectivity index (χ2v) is 7.45. The maximum Gasteiger partial charge on any atom is 0.311 e. The molecule has 1 N–H and O–H groups in total. The molecule has 2 amide bonds. The molecular formula is C22H23ClN2O4. The fourth-order valence-electron chi connectivity index (χ4n) is 3.15. The lowest BCUT2D eigenvalue weighted by molar-refractivity contribution is -0.151. The van der Waals surface area contributed by atoms with Crippen molar-refractivity contribution in [3.63, 3.8) is 0 Å². The maximum atomic E-state index is 12.3. The largest absolute Gasteiger partial charge is 0.455 e. The van der Waals surface area contributed by atoms with E-state index in [0.29, 0.717) is 10.7 Å². The van der Waals surface area contributed by atoms with Crippen LogP contribution >= 0.6 is 11.6 Å². The van der Waals surface area contributed by atoms with E-state index in [1.807, 2.05) is 31.2 Å². The van der Waals surface area contributed by atoms with Gasteiger partial charge in [-0.05, 0) is 48.7 Å². The Morgan fingerprint density at radius 2 is 1.93 bits per heavy atom. The van der Waals surface area contributed by atoms with Crippen LogP contribution in [0.3, 0.4) is 0 Å². The van der Waals surface area contributed by atoms with Crippen molar-refractivity contribution in [3.05, 3.63) is 58.6 Å². The normalized spacial score (nSPS) is 16.0. The van der Waals surface area contributed by atoms with Crippen LogP contribution in [0.1, 0.15) is 24.5 Å². The Kier molecular flexibility index (Phi) is 6.54. The average Bonchev–Trinajstić information content (AvgIpc) is 3.11. The Morgan fingerprint density at radius 1 is 1.21 bits per heavy atom. The predicted octanol–water partition coefficient (Wildman–Crippen LogP) is 3.75. The summed E-state index contributed by atoms with van der Waals surface area (Å²) in [4.78, 5) is 38.2. The number of benzene rings is 2. The van der Waals surface area contributed by atoms with Crippen molar-refractivity contribution in [2.45, 2.75) is 26.7 Å². The molecule has 6 nitrogen and oxygen atoms in total. The summed E-state index contributed by atoms with van der Waals surface area (Å²) in [6.07, 6.45) is 0.990. The molecule has 1 aliphatic heterocycles. The highest BCUT2D eigenvalue weighted by molar-refractivity contribution is 6.31. The smallest absolute Gasteiger partial charge is 0.311 e. The van der Waals surface area contributed by atoms with Crippen LogP contribution < -0.4 is 10.2 Å². The molecular weight excluding hydrogens is 392 g/mol. The van der Waals surface area contributed by atoms with E-state index in [9.17, 15) is 14.4 Å². The third-order valence-electron chi connectivity index (χ3n) is 4.92. The highest BCUT2D eigenvalue weighted by atomic mass is 35.5. The van der Waals surface area contributed by atoms with Crippen molar-refractivity contribution in [1.82, 2.24) is 0 Å². The number of aryl methyl sites for hydroxylation is 2. The molecule has 1 fully saturated rings. The highest BCUT2D eigenvalue weighted by Gasteiger charge is 2.36. The lowest BCUT2D eigenvalue weighted by Crippen LogP contribution is -2.28. The molecule has 0 aliphatic carbocycles. The van der Waals surface area contributed by atoms with Crippen molar-refractivity contribution in [2.24, 2.45) is 5.92 Å². The SMILES string of the molecule is CCc1ccc(N2C[C@@H](C(=O)OCC(=O)Nc3ccc(C)c(Cl)c3)CC2=O)cc1. The summed E-state index contributed by atoms with van der Waals surface area (Å²) in [6.45, 7) is 3.75. The zero-order chi connectivity index (χ0) is 21.0. The molecule has 2 aromatic rings. The molecule has 1 heterocycles. The molecule has 29 heavy (non-hydrogen) atoms. The second-order valence-electron chi connectivity index (χ2n) is 7.05. The van der Waals surface area contributed by atoms with Gasteiger partial charge in [-0.15, -0.1) is 0 Å². The third kappa shape index (κ3) is 5.15. The fourth-order valence-corrected chi connectivity index (χ4v) is 3.33. The van der Waals surface area contributed by atoms with Crippen LogP contribution in [-0.4, -0.2) is 30.9 Å². The fraction of sp³-hybridized carbons (Fsp3) is 0.318. The third-order valence-corrected chi connectivity index (χ3v) is 5.32. The number of hydrogen-bond acceptors (Lipinski definition) is 4. The van der Waals surface area contributed by atoms with E-state index in [1.54, 1.807) is 23.1 Å². The van der Waals surface area contributed by atoms with Gasteiger partial charge < -0.3 is 15.0 Å². The first-order chi connectivity index (χ1) is 13.9. The molecule has 7 heteroatoms. The first-order valence-corrected chi connectivity index (χ1v) is 9.87. The van der Waals surface area contributed by atoms with Gasteiger partial charge in [0.15, 0.2) is 6.61 Å². The minimum absolute atomic E-state index is 0.0730. The van der Waals surface area contributed by atoms with Gasteiger partial charge in [0.05, 0.1) is 5.92 Å². The highest BCUT2D eigenvalue weighted by Crippen LogP contribution is 2.26. The number of hydrogen-bond donors (Lipinski definition) is 1. The minimum Gasteiger partial charge on any atom is -0.455 e. The van der Waals surface area contributed by atoms with E-state index in [-0.39, 0.29) is 18.9 Å². The molecule has 1 saturated heterocycles. The van der Waals surface area contributed by atoms with E-state index < -0.39 is 24.4 Å². The first kappa shape index (κ1) is 20.9. The summed E-state index contributed by atoms with van der Waals surface area (Å²) in [7, 11) is 0. The van der Waals surface area contributed by atoms with Crippen LogP contribution in [0.5, 0.6) is 0 Å². The molecule has 0 spiro atoms. The predicted molar refractivity (Wildman–Crippen MR) is 112 cm³/mol. The van der Waals surface area contributed by atoms with Crippen LogP contribution in [0.4, 0.5) is 11.4 Å². The number of anilines is 2. The van der Waals surface area contributed by atoms with Crippen LogP contribution in [0.15, 0.2) is 42.5 Å². The van der Waals surface area contributed by atoms with Crippen LogP contribution in [0.25, 0.3) is 0 Å². The Bertz CT molecular complexity index is 927. The quantitative estimate of drug-likeness (QED) is 0.730. The van der Waals surface area contributed by atoms with Crippen molar-refractivity contribution in [3.8, 4) is 0 Å². The lowest BCUT2D eigenvalue weighted by atomic mass is 10.1. The average molecular weight is 415 g/mol. The Balaban J connectivity index is 1.52. The number of halogens is 1. The topological polar surface area (TPSA) is 75.7 Å². The van der Waals surface area contributed by atoms with Gasteiger partial charge in [0.25, 0.3) is 5.91 Å². The first-order valence-electron chi connectivity index (χ1n) is 9.49. The molecule has 2 aromatic carbocycles. The van der Waals surface area contributed by atoms with Crippen LogP contribution in [0, 0.1) is 12.8 Å². The molecule has 0 radical (unpaired) electrons. The summed E-state index contributed by atoms with van der Waals surface area (Å²) >= 11 is 6.03. The van der Waals surface area contributed by atoms with E-state index >= 15 is 0 Å². The molecule has 0 aromatic heterocycles. The summed E-state index contributed by atoms with van der Waals surface area (Å²) < 4.78 is 5.12. The molecule has 1 aliphatic rings. The second kappa shape index (κ2) is 9.09. The Morgan fingerprint density at radius 3 is 2.59 bits per heavy atom. The summed E-state index contributed by atoms with van der Waals surface area (Å²) in [5.74, 6) is -1.73. The van der Waals surface area contributed by atoms with Crippen molar-refractivity contribution in [1.29, 1.82) is 0 Å². The van der Waals surface area contributed by atoms with E-state index in [1.165, 1.54) is 5.56 Å². The van der Waals surface area contributed by atoms with Gasteiger partial charge in [-0.25, -0.2) is 0 Å². The van der Waals surface area contributed by atoms with Crippen molar-refractivity contribution < 1.29 is 19.1 Å². The minimum atomic E-state index is -0.588. The maximum absolute atomic E-state index is 12.3. The van der Waals surface area contributed by atoms with Gasteiger partial charge in [-0.2, -0.15) is 0 Å². The van der Waals surface area contributed by atoms with Gasteiger partial charge in [-0.3, -0.25) is 14.4 Å². The Hall–Kier alpha value is -2.86. The van der Waals surface area contributed by atoms with Crippen molar-refractivity contribution in [2.75, 3.05) is 23.4 Å².